The Kier molecular flexibility index (Phi) is 3.71. The molecule has 108 valence electrons. The lowest BCUT2D eigenvalue weighted by atomic mass is 10.0. The fraction of sp³-hybridized carbons (Fsp3) is 0.235. The molecule has 4 heteroatoms. The number of nitrogens with zero attached hydrogens (tertiary/aromatic N) is 2. The molecule has 2 aromatic rings. The molecule has 0 aliphatic carbocycles. The van der Waals surface area contributed by atoms with Crippen molar-refractivity contribution in [1.82, 2.24) is 5.01 Å². The van der Waals surface area contributed by atoms with Gasteiger partial charge in [-0.2, -0.15) is 0 Å². The molecule has 1 heterocycles. The number of rotatable bonds is 3. The Labute approximate surface area is 123 Å². The minimum Gasteiger partial charge on any atom is -0.296 e. The molecule has 2 N–H and O–H groups in total. The lowest BCUT2D eigenvalue weighted by molar-refractivity contribution is 0.442. The van der Waals surface area contributed by atoms with Crippen molar-refractivity contribution >= 4 is 5.84 Å². The Hall–Kier alpha value is -2.20. The lowest BCUT2D eigenvalue weighted by Crippen LogP contribution is -2.35. The van der Waals surface area contributed by atoms with Crippen LogP contribution >= 0.6 is 0 Å². The van der Waals surface area contributed by atoms with Crippen molar-refractivity contribution in [2.45, 2.75) is 19.4 Å². The Morgan fingerprint density at radius 2 is 2.05 bits per heavy atom. The Morgan fingerprint density at radius 1 is 1.24 bits per heavy atom. The summed E-state index contributed by atoms with van der Waals surface area (Å²) in [6.07, 6.45) is 0.552. The summed E-state index contributed by atoms with van der Waals surface area (Å²) in [6, 6.07) is 14.8. The van der Waals surface area contributed by atoms with Crippen molar-refractivity contribution in [1.29, 1.82) is 0 Å². The molecule has 0 amide bonds. The van der Waals surface area contributed by atoms with E-state index in [0.717, 1.165) is 11.4 Å². The SMILES string of the molecule is Cc1ccccc1C1CN(N)C(Cc2cccc(F)c2)=N1. The van der Waals surface area contributed by atoms with Crippen molar-refractivity contribution in [3.8, 4) is 0 Å². The van der Waals surface area contributed by atoms with Crippen molar-refractivity contribution in [3.63, 3.8) is 0 Å². The summed E-state index contributed by atoms with van der Waals surface area (Å²) in [5.74, 6) is 6.62. The molecule has 0 saturated carbocycles. The van der Waals surface area contributed by atoms with E-state index in [-0.39, 0.29) is 11.9 Å². The van der Waals surface area contributed by atoms with Gasteiger partial charge in [-0.1, -0.05) is 36.4 Å². The van der Waals surface area contributed by atoms with Crippen LogP contribution in [0.3, 0.4) is 0 Å². The Bertz CT molecular complexity index is 681. The number of amidine groups is 1. The summed E-state index contributed by atoms with van der Waals surface area (Å²) in [7, 11) is 0. The number of nitrogens with two attached hydrogens (primary N) is 1. The summed E-state index contributed by atoms with van der Waals surface area (Å²) in [4.78, 5) is 4.72. The van der Waals surface area contributed by atoms with E-state index in [2.05, 4.69) is 19.1 Å². The van der Waals surface area contributed by atoms with Gasteiger partial charge in [-0.3, -0.25) is 10.0 Å². The molecule has 0 bridgehead atoms. The van der Waals surface area contributed by atoms with Gasteiger partial charge in [0.15, 0.2) is 0 Å². The van der Waals surface area contributed by atoms with E-state index >= 15 is 0 Å². The highest BCUT2D eigenvalue weighted by atomic mass is 19.1. The number of hydrazine groups is 1. The highest BCUT2D eigenvalue weighted by molar-refractivity contribution is 5.85. The van der Waals surface area contributed by atoms with Gasteiger partial charge < -0.3 is 0 Å². The second-order valence-corrected chi connectivity index (χ2v) is 5.38. The standard InChI is InChI=1S/C17H18FN3/c1-12-5-2-3-8-15(12)16-11-21(19)17(20-16)10-13-6-4-7-14(18)9-13/h2-9,16H,10-11,19H2,1H3. The average molecular weight is 283 g/mol. The molecule has 21 heavy (non-hydrogen) atoms. The second-order valence-electron chi connectivity index (χ2n) is 5.38. The summed E-state index contributed by atoms with van der Waals surface area (Å²) in [6.45, 7) is 2.74. The smallest absolute Gasteiger partial charge is 0.123 e. The summed E-state index contributed by atoms with van der Waals surface area (Å²) < 4.78 is 13.2. The summed E-state index contributed by atoms with van der Waals surface area (Å²) in [5, 5.41) is 1.67. The zero-order valence-electron chi connectivity index (χ0n) is 12.0. The molecular weight excluding hydrogens is 265 g/mol. The molecule has 2 aromatic carbocycles. The van der Waals surface area contributed by atoms with Crippen LogP contribution in [0.2, 0.25) is 0 Å². The van der Waals surface area contributed by atoms with Crippen LogP contribution in [0.5, 0.6) is 0 Å². The fourth-order valence-corrected chi connectivity index (χ4v) is 2.69. The molecule has 0 saturated heterocycles. The molecule has 3 rings (SSSR count). The average Bonchev–Trinajstić information content (AvgIpc) is 2.80. The van der Waals surface area contributed by atoms with Crippen molar-refractivity contribution in [2.75, 3.05) is 6.54 Å². The van der Waals surface area contributed by atoms with E-state index < -0.39 is 0 Å². The van der Waals surface area contributed by atoms with Crippen LogP contribution in [-0.4, -0.2) is 17.4 Å². The van der Waals surface area contributed by atoms with E-state index in [4.69, 9.17) is 10.8 Å². The lowest BCUT2D eigenvalue weighted by Gasteiger charge is -2.15. The maximum atomic E-state index is 13.2. The maximum Gasteiger partial charge on any atom is 0.123 e. The van der Waals surface area contributed by atoms with Gasteiger partial charge in [-0.25, -0.2) is 10.2 Å². The molecule has 1 unspecified atom stereocenters. The largest absolute Gasteiger partial charge is 0.296 e. The summed E-state index contributed by atoms with van der Waals surface area (Å²) >= 11 is 0. The zero-order chi connectivity index (χ0) is 14.8. The van der Waals surface area contributed by atoms with Gasteiger partial charge in [0.1, 0.15) is 11.7 Å². The number of aliphatic imine (C=N–C) groups is 1. The van der Waals surface area contributed by atoms with Crippen LogP contribution in [-0.2, 0) is 6.42 Å². The number of hydrogen-bond donors (Lipinski definition) is 1. The third-order valence-corrected chi connectivity index (χ3v) is 3.80. The Balaban J connectivity index is 1.83. The maximum absolute atomic E-state index is 13.2. The predicted octanol–water partition coefficient (Wildman–Crippen LogP) is 3.01. The van der Waals surface area contributed by atoms with Crippen molar-refractivity contribution in [2.24, 2.45) is 10.8 Å². The first kappa shape index (κ1) is 13.8. The minimum atomic E-state index is -0.231. The first-order chi connectivity index (χ1) is 10.1. The van der Waals surface area contributed by atoms with E-state index in [1.54, 1.807) is 11.1 Å². The minimum absolute atomic E-state index is 0.0553. The van der Waals surface area contributed by atoms with E-state index in [9.17, 15) is 4.39 Å². The van der Waals surface area contributed by atoms with Gasteiger partial charge in [0.25, 0.3) is 0 Å². The van der Waals surface area contributed by atoms with Gasteiger partial charge in [0.05, 0.1) is 12.6 Å². The molecule has 1 atom stereocenters. The monoisotopic (exact) mass is 283 g/mol. The predicted molar refractivity (Wildman–Crippen MR) is 82.4 cm³/mol. The third kappa shape index (κ3) is 2.95. The first-order valence-electron chi connectivity index (χ1n) is 7.02. The molecule has 1 aliphatic rings. The molecule has 0 radical (unpaired) electrons. The van der Waals surface area contributed by atoms with Gasteiger partial charge in [-0.15, -0.1) is 0 Å². The van der Waals surface area contributed by atoms with Crippen molar-refractivity contribution in [3.05, 3.63) is 71.0 Å². The van der Waals surface area contributed by atoms with Gasteiger partial charge in [0, 0.05) is 6.42 Å². The molecule has 0 fully saturated rings. The molecule has 0 spiro atoms. The van der Waals surface area contributed by atoms with Crippen LogP contribution in [0.15, 0.2) is 53.5 Å². The second kappa shape index (κ2) is 5.66. The van der Waals surface area contributed by atoms with Gasteiger partial charge in [0.2, 0.25) is 0 Å². The highest BCUT2D eigenvalue weighted by Crippen LogP contribution is 2.26. The van der Waals surface area contributed by atoms with Crippen LogP contribution in [0.1, 0.15) is 22.7 Å². The molecule has 3 nitrogen and oxygen atoms in total. The number of hydrogen-bond acceptors (Lipinski definition) is 3. The van der Waals surface area contributed by atoms with Crippen LogP contribution in [0.25, 0.3) is 0 Å². The van der Waals surface area contributed by atoms with Crippen LogP contribution in [0.4, 0.5) is 4.39 Å². The number of aryl methyl sites for hydroxylation is 1. The number of halogens is 1. The molecule has 1 aliphatic heterocycles. The first-order valence-corrected chi connectivity index (χ1v) is 7.02. The third-order valence-electron chi connectivity index (χ3n) is 3.80. The summed E-state index contributed by atoms with van der Waals surface area (Å²) in [5.41, 5.74) is 3.29. The normalized spacial score (nSPS) is 18.0. The zero-order valence-corrected chi connectivity index (χ0v) is 12.0. The quantitative estimate of drug-likeness (QED) is 0.880. The Morgan fingerprint density at radius 3 is 2.81 bits per heavy atom. The highest BCUT2D eigenvalue weighted by Gasteiger charge is 2.25. The van der Waals surface area contributed by atoms with E-state index in [1.165, 1.54) is 23.3 Å². The van der Waals surface area contributed by atoms with Crippen molar-refractivity contribution < 1.29 is 4.39 Å². The van der Waals surface area contributed by atoms with Crippen LogP contribution < -0.4 is 5.84 Å². The van der Waals surface area contributed by atoms with E-state index in [0.29, 0.717) is 13.0 Å². The van der Waals surface area contributed by atoms with Crippen LogP contribution in [0, 0.1) is 12.7 Å². The fourth-order valence-electron chi connectivity index (χ4n) is 2.69. The topological polar surface area (TPSA) is 41.6 Å². The molecular formula is C17H18FN3. The van der Waals surface area contributed by atoms with Gasteiger partial charge in [-0.05, 0) is 35.7 Å². The molecule has 0 aromatic heterocycles. The van der Waals surface area contributed by atoms with E-state index in [1.807, 2.05) is 18.2 Å². The van der Waals surface area contributed by atoms with Gasteiger partial charge >= 0.3 is 0 Å². The number of benzene rings is 2.